The van der Waals surface area contributed by atoms with Crippen LogP contribution in [0.1, 0.15) is 31.6 Å². The van der Waals surface area contributed by atoms with E-state index in [0.717, 1.165) is 38.4 Å². The van der Waals surface area contributed by atoms with Crippen molar-refractivity contribution < 1.29 is 9.52 Å². The SMILES string of the molecule is CCNC(=NCC(O)c1ccco1)NC1CCN(c2cccs2)CC1. The predicted octanol–water partition coefficient (Wildman–Crippen LogP) is 2.60. The van der Waals surface area contributed by atoms with Gasteiger partial charge < -0.3 is 25.1 Å². The molecule has 2 aromatic heterocycles. The zero-order valence-electron chi connectivity index (χ0n) is 14.5. The number of guanidine groups is 1. The molecule has 0 aromatic carbocycles. The monoisotopic (exact) mass is 362 g/mol. The summed E-state index contributed by atoms with van der Waals surface area (Å²) in [6.07, 6.45) is 2.99. The summed E-state index contributed by atoms with van der Waals surface area (Å²) in [6, 6.07) is 8.22. The number of furan rings is 1. The molecule has 3 rings (SSSR count). The fourth-order valence-electron chi connectivity index (χ4n) is 2.96. The number of hydrogen-bond acceptors (Lipinski definition) is 5. The average Bonchev–Trinajstić information content (AvgIpc) is 3.33. The molecule has 0 amide bonds. The second kappa shape index (κ2) is 8.92. The van der Waals surface area contributed by atoms with Crippen molar-refractivity contribution in [3.05, 3.63) is 41.7 Å². The lowest BCUT2D eigenvalue weighted by Crippen LogP contribution is -2.48. The van der Waals surface area contributed by atoms with E-state index in [0.29, 0.717) is 11.8 Å². The molecule has 1 aliphatic rings. The van der Waals surface area contributed by atoms with E-state index in [4.69, 9.17) is 4.42 Å². The Kier molecular flexibility index (Phi) is 6.36. The molecule has 136 valence electrons. The zero-order chi connectivity index (χ0) is 17.5. The van der Waals surface area contributed by atoms with E-state index in [1.807, 2.05) is 6.92 Å². The van der Waals surface area contributed by atoms with Gasteiger partial charge in [0, 0.05) is 25.7 Å². The van der Waals surface area contributed by atoms with Crippen LogP contribution in [0.4, 0.5) is 5.00 Å². The van der Waals surface area contributed by atoms with Gasteiger partial charge in [-0.15, -0.1) is 11.3 Å². The smallest absolute Gasteiger partial charge is 0.191 e. The van der Waals surface area contributed by atoms with E-state index >= 15 is 0 Å². The van der Waals surface area contributed by atoms with Crippen LogP contribution >= 0.6 is 11.3 Å². The topological polar surface area (TPSA) is 73.0 Å². The molecule has 0 radical (unpaired) electrons. The van der Waals surface area contributed by atoms with Crippen LogP contribution in [0.15, 0.2) is 45.3 Å². The Bertz CT molecular complexity index is 634. The number of hydrogen-bond donors (Lipinski definition) is 3. The lowest BCUT2D eigenvalue weighted by Gasteiger charge is -2.33. The first-order chi connectivity index (χ1) is 12.3. The molecule has 0 bridgehead atoms. The van der Waals surface area contributed by atoms with Crippen LogP contribution < -0.4 is 15.5 Å². The van der Waals surface area contributed by atoms with Gasteiger partial charge in [-0.25, -0.2) is 0 Å². The Hall–Kier alpha value is -1.99. The summed E-state index contributed by atoms with van der Waals surface area (Å²) in [5.74, 6) is 1.30. The Morgan fingerprint density at radius 1 is 1.40 bits per heavy atom. The molecule has 1 fully saturated rings. The van der Waals surface area contributed by atoms with Crippen LogP contribution in [0.5, 0.6) is 0 Å². The van der Waals surface area contributed by atoms with Crippen molar-refractivity contribution in [3.8, 4) is 0 Å². The molecule has 1 saturated heterocycles. The average molecular weight is 362 g/mol. The molecular formula is C18H26N4O2S. The van der Waals surface area contributed by atoms with Crippen molar-refractivity contribution in [2.24, 2.45) is 4.99 Å². The van der Waals surface area contributed by atoms with Crippen LogP contribution in [-0.4, -0.2) is 43.3 Å². The standard InChI is InChI=1S/C18H26N4O2S/c1-2-19-18(20-13-15(23)16-5-3-11-24-16)21-14-7-9-22(10-8-14)17-6-4-12-25-17/h3-6,11-12,14-15,23H,2,7-10,13H2,1H3,(H2,19,20,21). The van der Waals surface area contributed by atoms with E-state index in [2.05, 4.69) is 38.0 Å². The third kappa shape index (κ3) is 4.99. The third-order valence-electron chi connectivity index (χ3n) is 4.29. The fourth-order valence-corrected chi connectivity index (χ4v) is 3.74. The van der Waals surface area contributed by atoms with Gasteiger partial charge in [0.25, 0.3) is 0 Å². The summed E-state index contributed by atoms with van der Waals surface area (Å²) in [5, 5.41) is 20.3. The van der Waals surface area contributed by atoms with Gasteiger partial charge in [-0.3, -0.25) is 4.99 Å². The summed E-state index contributed by atoms with van der Waals surface area (Å²) in [4.78, 5) is 6.94. The highest BCUT2D eigenvalue weighted by Crippen LogP contribution is 2.24. The normalized spacial score (nSPS) is 17.5. The largest absolute Gasteiger partial charge is 0.467 e. The quantitative estimate of drug-likeness (QED) is 0.544. The van der Waals surface area contributed by atoms with Gasteiger partial charge >= 0.3 is 0 Å². The first-order valence-electron chi connectivity index (χ1n) is 8.81. The summed E-state index contributed by atoms with van der Waals surface area (Å²) >= 11 is 1.80. The molecule has 1 atom stereocenters. The molecule has 0 aliphatic carbocycles. The van der Waals surface area contributed by atoms with Crippen molar-refractivity contribution >= 4 is 22.3 Å². The molecule has 6 nitrogen and oxygen atoms in total. The van der Waals surface area contributed by atoms with Gasteiger partial charge in [-0.05, 0) is 49.4 Å². The first-order valence-corrected chi connectivity index (χ1v) is 9.69. The lowest BCUT2D eigenvalue weighted by atomic mass is 10.1. The van der Waals surface area contributed by atoms with Gasteiger partial charge in [0.15, 0.2) is 5.96 Å². The maximum absolute atomic E-state index is 10.1. The summed E-state index contributed by atoms with van der Waals surface area (Å²) in [5.41, 5.74) is 0. The zero-order valence-corrected chi connectivity index (χ0v) is 15.3. The Labute approximate surface area is 152 Å². The van der Waals surface area contributed by atoms with Crippen molar-refractivity contribution in [3.63, 3.8) is 0 Å². The molecule has 3 heterocycles. The Morgan fingerprint density at radius 3 is 2.88 bits per heavy atom. The molecular weight excluding hydrogens is 336 g/mol. The van der Waals surface area contributed by atoms with E-state index < -0.39 is 6.10 Å². The van der Waals surface area contributed by atoms with E-state index in [1.54, 1.807) is 29.7 Å². The number of aliphatic imine (C=N–C) groups is 1. The van der Waals surface area contributed by atoms with Gasteiger partial charge in [-0.2, -0.15) is 0 Å². The Morgan fingerprint density at radius 2 is 2.24 bits per heavy atom. The predicted molar refractivity (Wildman–Crippen MR) is 102 cm³/mol. The molecule has 0 saturated carbocycles. The number of piperidine rings is 1. The number of aliphatic hydroxyl groups excluding tert-OH is 1. The number of aliphatic hydroxyl groups is 1. The van der Waals surface area contributed by atoms with Crippen molar-refractivity contribution in [2.75, 3.05) is 31.1 Å². The molecule has 1 unspecified atom stereocenters. The number of rotatable bonds is 6. The second-order valence-electron chi connectivity index (χ2n) is 6.11. The van der Waals surface area contributed by atoms with Crippen LogP contribution in [0.3, 0.4) is 0 Å². The maximum atomic E-state index is 10.1. The highest BCUT2D eigenvalue weighted by molar-refractivity contribution is 7.14. The van der Waals surface area contributed by atoms with E-state index in [9.17, 15) is 5.11 Å². The fraction of sp³-hybridized carbons (Fsp3) is 0.500. The summed E-state index contributed by atoms with van der Waals surface area (Å²) < 4.78 is 5.22. The van der Waals surface area contributed by atoms with Gasteiger partial charge in [0.05, 0.1) is 17.8 Å². The number of nitrogens with one attached hydrogen (secondary N) is 2. The second-order valence-corrected chi connectivity index (χ2v) is 7.03. The molecule has 1 aliphatic heterocycles. The number of anilines is 1. The molecule has 3 N–H and O–H groups in total. The van der Waals surface area contributed by atoms with Crippen LogP contribution in [-0.2, 0) is 0 Å². The summed E-state index contributed by atoms with van der Waals surface area (Å²) in [6.45, 7) is 5.20. The third-order valence-corrected chi connectivity index (χ3v) is 5.22. The number of thiophene rings is 1. The van der Waals surface area contributed by atoms with Gasteiger partial charge in [-0.1, -0.05) is 0 Å². The molecule has 7 heteroatoms. The van der Waals surface area contributed by atoms with Gasteiger partial charge in [0.2, 0.25) is 0 Å². The lowest BCUT2D eigenvalue weighted by molar-refractivity contribution is 0.158. The van der Waals surface area contributed by atoms with Crippen molar-refractivity contribution in [1.82, 2.24) is 10.6 Å². The molecule has 0 spiro atoms. The van der Waals surface area contributed by atoms with Crippen LogP contribution in [0, 0.1) is 0 Å². The van der Waals surface area contributed by atoms with Crippen molar-refractivity contribution in [2.45, 2.75) is 31.9 Å². The summed E-state index contributed by atoms with van der Waals surface area (Å²) in [7, 11) is 0. The minimum Gasteiger partial charge on any atom is -0.467 e. The molecule has 2 aromatic rings. The highest BCUT2D eigenvalue weighted by atomic mass is 32.1. The van der Waals surface area contributed by atoms with Gasteiger partial charge in [0.1, 0.15) is 11.9 Å². The Balaban J connectivity index is 1.50. The minimum absolute atomic E-state index is 0.275. The van der Waals surface area contributed by atoms with E-state index in [1.165, 1.54) is 5.00 Å². The number of nitrogens with zero attached hydrogens (tertiary/aromatic N) is 2. The van der Waals surface area contributed by atoms with Crippen LogP contribution in [0.2, 0.25) is 0 Å². The van der Waals surface area contributed by atoms with Crippen LogP contribution in [0.25, 0.3) is 0 Å². The maximum Gasteiger partial charge on any atom is 0.191 e. The first kappa shape index (κ1) is 17.8. The molecule has 25 heavy (non-hydrogen) atoms. The highest BCUT2D eigenvalue weighted by Gasteiger charge is 2.21. The van der Waals surface area contributed by atoms with Crippen molar-refractivity contribution in [1.29, 1.82) is 0 Å². The van der Waals surface area contributed by atoms with E-state index in [-0.39, 0.29) is 6.54 Å². The minimum atomic E-state index is -0.717.